The Kier molecular flexibility index (Phi) is 2.48. The Labute approximate surface area is 105 Å². The maximum absolute atomic E-state index is 12.1. The average Bonchev–Trinajstić information content (AvgIpc) is 2.67. The summed E-state index contributed by atoms with van der Waals surface area (Å²) in [5, 5.41) is 15.8. The Bertz CT molecular complexity index is 504. The molecular formula is C10H10F3N3O3. The van der Waals surface area contributed by atoms with Gasteiger partial charge in [0.15, 0.2) is 0 Å². The van der Waals surface area contributed by atoms with Crippen LogP contribution in [0.1, 0.15) is 17.7 Å². The lowest BCUT2D eigenvalue weighted by molar-refractivity contribution is -0.130. The van der Waals surface area contributed by atoms with Crippen LogP contribution >= 0.6 is 0 Å². The third-order valence-corrected chi connectivity index (χ3v) is 3.58. The standard InChI is InChI=1S/C10H10F3N3O3/c11-10(12,13)1-6-14-15-8(19-6)7-4-2-16(9(17)18)3-5(4)7/h4-5,7H,1-3H2,(H,17,18)/t4-,5+,7+. The first-order chi connectivity index (χ1) is 8.85. The number of likely N-dealkylation sites (tertiary alicyclic amines) is 1. The SMILES string of the molecule is O=C(O)N1C[C@@H]2[C@H](C1)[C@H]2c1nnc(CC(F)(F)F)o1. The Hall–Kier alpha value is -1.80. The molecular weight excluding hydrogens is 267 g/mol. The molecule has 1 aliphatic carbocycles. The second kappa shape index (κ2) is 3.84. The van der Waals surface area contributed by atoms with Gasteiger partial charge in [-0.15, -0.1) is 10.2 Å². The van der Waals surface area contributed by atoms with Crippen molar-refractivity contribution in [2.75, 3.05) is 13.1 Å². The number of nitrogens with zero attached hydrogens (tertiary/aromatic N) is 3. The molecule has 19 heavy (non-hydrogen) atoms. The Balaban J connectivity index is 1.63. The van der Waals surface area contributed by atoms with Crippen molar-refractivity contribution < 1.29 is 27.5 Å². The van der Waals surface area contributed by atoms with Gasteiger partial charge >= 0.3 is 12.3 Å². The summed E-state index contributed by atoms with van der Waals surface area (Å²) in [6.07, 6.45) is -6.58. The van der Waals surface area contributed by atoms with E-state index in [1.165, 1.54) is 4.90 Å². The second-order valence-corrected chi connectivity index (χ2v) is 4.87. The van der Waals surface area contributed by atoms with Crippen LogP contribution in [-0.4, -0.2) is 45.6 Å². The lowest BCUT2D eigenvalue weighted by Crippen LogP contribution is -2.29. The molecule has 2 heterocycles. The maximum atomic E-state index is 12.1. The lowest BCUT2D eigenvalue weighted by Gasteiger charge is -2.14. The van der Waals surface area contributed by atoms with Crippen LogP contribution in [-0.2, 0) is 6.42 Å². The zero-order chi connectivity index (χ0) is 13.8. The molecule has 1 saturated carbocycles. The summed E-state index contributed by atoms with van der Waals surface area (Å²) in [6, 6.07) is 0. The van der Waals surface area contributed by atoms with Gasteiger partial charge in [-0.3, -0.25) is 0 Å². The zero-order valence-electron chi connectivity index (χ0n) is 9.59. The van der Waals surface area contributed by atoms with Crippen molar-refractivity contribution in [1.29, 1.82) is 0 Å². The largest absolute Gasteiger partial charge is 0.465 e. The Morgan fingerprint density at radius 1 is 1.37 bits per heavy atom. The van der Waals surface area contributed by atoms with Crippen molar-refractivity contribution in [2.24, 2.45) is 11.8 Å². The summed E-state index contributed by atoms with van der Waals surface area (Å²) in [6.45, 7) is 0.753. The van der Waals surface area contributed by atoms with Crippen molar-refractivity contribution in [3.05, 3.63) is 11.8 Å². The number of carbonyl (C=O) groups is 1. The third-order valence-electron chi connectivity index (χ3n) is 3.58. The molecule has 0 unspecified atom stereocenters. The predicted molar refractivity (Wildman–Crippen MR) is 53.4 cm³/mol. The van der Waals surface area contributed by atoms with E-state index in [9.17, 15) is 18.0 Å². The Morgan fingerprint density at radius 3 is 2.53 bits per heavy atom. The number of carboxylic acid groups (broad SMARTS) is 1. The maximum Gasteiger partial charge on any atom is 0.407 e. The summed E-state index contributed by atoms with van der Waals surface area (Å²) < 4.78 is 41.4. The van der Waals surface area contributed by atoms with Crippen LogP contribution in [0.4, 0.5) is 18.0 Å². The van der Waals surface area contributed by atoms with Gasteiger partial charge in [0, 0.05) is 19.0 Å². The van der Waals surface area contributed by atoms with E-state index >= 15 is 0 Å². The highest BCUT2D eigenvalue weighted by Crippen LogP contribution is 2.57. The molecule has 1 saturated heterocycles. The van der Waals surface area contributed by atoms with Gasteiger partial charge in [-0.25, -0.2) is 4.79 Å². The van der Waals surface area contributed by atoms with Crippen LogP contribution in [0.3, 0.4) is 0 Å². The molecule has 0 spiro atoms. The summed E-state index contributed by atoms with van der Waals surface area (Å²) in [5.41, 5.74) is 0. The number of rotatable bonds is 2. The highest BCUT2D eigenvalue weighted by Gasteiger charge is 2.60. The highest BCUT2D eigenvalue weighted by molar-refractivity contribution is 5.66. The van der Waals surface area contributed by atoms with Crippen molar-refractivity contribution in [3.63, 3.8) is 0 Å². The monoisotopic (exact) mass is 277 g/mol. The molecule has 1 amide bonds. The van der Waals surface area contributed by atoms with Gasteiger partial charge in [0.05, 0.1) is 0 Å². The minimum Gasteiger partial charge on any atom is -0.465 e. The van der Waals surface area contributed by atoms with E-state index in [1.54, 1.807) is 0 Å². The second-order valence-electron chi connectivity index (χ2n) is 4.87. The van der Waals surface area contributed by atoms with E-state index < -0.39 is 24.6 Å². The first kappa shape index (κ1) is 12.2. The molecule has 1 N–H and O–H groups in total. The molecule has 9 heteroatoms. The van der Waals surface area contributed by atoms with Crippen LogP contribution in [0.2, 0.25) is 0 Å². The number of aromatic nitrogens is 2. The van der Waals surface area contributed by atoms with E-state index in [0.717, 1.165) is 0 Å². The minimum absolute atomic E-state index is 0.0925. The predicted octanol–water partition coefficient (Wildman–Crippen LogP) is 1.50. The van der Waals surface area contributed by atoms with E-state index in [1.807, 2.05) is 0 Å². The lowest BCUT2D eigenvalue weighted by atomic mass is 10.2. The van der Waals surface area contributed by atoms with Crippen LogP contribution < -0.4 is 0 Å². The van der Waals surface area contributed by atoms with Crippen LogP contribution in [0.5, 0.6) is 0 Å². The van der Waals surface area contributed by atoms with E-state index in [2.05, 4.69) is 10.2 Å². The molecule has 6 nitrogen and oxygen atoms in total. The fraction of sp³-hybridized carbons (Fsp3) is 0.700. The van der Waals surface area contributed by atoms with Gasteiger partial charge in [0.2, 0.25) is 11.8 Å². The molecule has 3 rings (SSSR count). The van der Waals surface area contributed by atoms with Crippen molar-refractivity contribution in [1.82, 2.24) is 15.1 Å². The van der Waals surface area contributed by atoms with Gasteiger partial charge in [0.1, 0.15) is 6.42 Å². The third kappa shape index (κ3) is 2.24. The van der Waals surface area contributed by atoms with Gasteiger partial charge < -0.3 is 14.4 Å². The fourth-order valence-corrected chi connectivity index (χ4v) is 2.69. The van der Waals surface area contributed by atoms with Crippen molar-refractivity contribution in [2.45, 2.75) is 18.5 Å². The number of hydrogen-bond acceptors (Lipinski definition) is 4. The summed E-state index contributed by atoms with van der Waals surface area (Å²) in [5.74, 6) is -0.155. The number of piperidine rings is 1. The highest BCUT2D eigenvalue weighted by atomic mass is 19.4. The Morgan fingerprint density at radius 2 is 2.00 bits per heavy atom. The molecule has 1 aromatic rings. The minimum atomic E-state index is -4.37. The van der Waals surface area contributed by atoms with E-state index in [4.69, 9.17) is 9.52 Å². The summed E-state index contributed by atoms with van der Waals surface area (Å²) in [7, 11) is 0. The molecule has 2 fully saturated rings. The van der Waals surface area contributed by atoms with Gasteiger partial charge in [-0.1, -0.05) is 0 Å². The van der Waals surface area contributed by atoms with Crippen molar-refractivity contribution >= 4 is 6.09 Å². The first-order valence-corrected chi connectivity index (χ1v) is 5.72. The quantitative estimate of drug-likeness (QED) is 0.886. The van der Waals surface area contributed by atoms with Crippen LogP contribution in [0, 0.1) is 11.8 Å². The first-order valence-electron chi connectivity index (χ1n) is 5.72. The summed E-state index contributed by atoms with van der Waals surface area (Å²) >= 11 is 0. The van der Waals surface area contributed by atoms with Gasteiger partial charge in [-0.05, 0) is 11.8 Å². The molecule has 0 aromatic carbocycles. The van der Waals surface area contributed by atoms with Gasteiger partial charge in [-0.2, -0.15) is 13.2 Å². The molecule has 0 radical (unpaired) electrons. The molecule has 1 aliphatic heterocycles. The van der Waals surface area contributed by atoms with Crippen LogP contribution in [0.15, 0.2) is 4.42 Å². The number of hydrogen-bond donors (Lipinski definition) is 1. The number of alkyl halides is 3. The number of fused-ring (bicyclic) bond motifs is 1. The topological polar surface area (TPSA) is 79.5 Å². The molecule has 2 aliphatic rings. The smallest absolute Gasteiger partial charge is 0.407 e. The number of amides is 1. The summed E-state index contributed by atoms with van der Waals surface area (Å²) in [4.78, 5) is 12.0. The zero-order valence-corrected chi connectivity index (χ0v) is 9.59. The number of halogens is 3. The molecule has 0 bridgehead atoms. The fourth-order valence-electron chi connectivity index (χ4n) is 2.69. The molecule has 3 atom stereocenters. The van der Waals surface area contributed by atoms with Crippen LogP contribution in [0.25, 0.3) is 0 Å². The average molecular weight is 277 g/mol. The van der Waals surface area contributed by atoms with E-state index in [-0.39, 0.29) is 23.6 Å². The molecule has 104 valence electrons. The van der Waals surface area contributed by atoms with Gasteiger partial charge in [0.25, 0.3) is 0 Å². The van der Waals surface area contributed by atoms with E-state index in [0.29, 0.717) is 13.1 Å². The normalized spacial score (nSPS) is 29.4. The van der Waals surface area contributed by atoms with Crippen molar-refractivity contribution in [3.8, 4) is 0 Å². The molecule has 1 aromatic heterocycles.